The molecule has 3 aromatic carbocycles. The quantitative estimate of drug-likeness (QED) is 0.0259. The summed E-state index contributed by atoms with van der Waals surface area (Å²) in [5.74, 6) is 16.3. The lowest BCUT2D eigenvalue weighted by Gasteiger charge is -2.18. The maximum Gasteiger partial charge on any atom is 0.345 e. The van der Waals surface area contributed by atoms with E-state index < -0.39 is 5.97 Å². The van der Waals surface area contributed by atoms with Gasteiger partial charge in [-0.05, 0) is 135 Å². The molecule has 0 fully saturated rings. The van der Waals surface area contributed by atoms with Gasteiger partial charge in [-0.1, -0.05) is 192 Å². The largest absolute Gasteiger partial charge is 0.493 e. The molecule has 0 amide bonds. The van der Waals surface area contributed by atoms with Crippen LogP contribution in [0.25, 0.3) is 78.0 Å². The molecule has 2 aliphatic rings. The molecule has 8 aromatic rings. The first kappa shape index (κ1) is 70.3. The van der Waals surface area contributed by atoms with E-state index in [1.165, 1.54) is 125 Å². The lowest BCUT2D eigenvalue weighted by Crippen LogP contribution is -2.07. The summed E-state index contributed by atoms with van der Waals surface area (Å²) in [6, 6.07) is 32.8. The number of rotatable bonds is 36. The molecule has 3 N–H and O–H groups in total. The van der Waals surface area contributed by atoms with Crippen molar-refractivity contribution in [2.45, 2.75) is 182 Å². The Morgan fingerprint density at radius 3 is 1.20 bits per heavy atom. The summed E-state index contributed by atoms with van der Waals surface area (Å²) < 4.78 is 29.6. The van der Waals surface area contributed by atoms with Crippen molar-refractivity contribution in [2.75, 3.05) is 45.4 Å². The number of aromatic amines is 2. The van der Waals surface area contributed by atoms with Crippen molar-refractivity contribution >= 4 is 90.1 Å². The van der Waals surface area contributed by atoms with Crippen molar-refractivity contribution in [3.8, 4) is 68.9 Å². The van der Waals surface area contributed by atoms with E-state index in [0.717, 1.165) is 150 Å². The molecule has 0 saturated heterocycles. The average Bonchev–Trinajstić information content (AvgIpc) is 1.53. The third kappa shape index (κ3) is 19.0. The molecule has 0 aliphatic carbocycles. The number of fused-ring (bicyclic) bond motifs is 9. The highest BCUT2D eigenvalue weighted by Gasteiger charge is 2.25. The van der Waals surface area contributed by atoms with Gasteiger partial charge in [-0.2, -0.15) is 0 Å². The summed E-state index contributed by atoms with van der Waals surface area (Å²) in [5, 5.41) is 9.87. The maximum atomic E-state index is 12.0. The number of carboxylic acids is 1. The van der Waals surface area contributed by atoms with Crippen molar-refractivity contribution in [1.29, 1.82) is 0 Å². The Morgan fingerprint density at radius 2 is 0.802 bits per heavy atom. The van der Waals surface area contributed by atoms with E-state index in [9.17, 15) is 9.90 Å². The number of nitrogens with zero attached hydrogens (tertiary/aromatic N) is 3. The van der Waals surface area contributed by atoms with Crippen LogP contribution >= 0.6 is 22.7 Å². The Kier molecular flexibility index (Phi) is 26.8. The molecule has 0 atom stereocenters. The van der Waals surface area contributed by atoms with Gasteiger partial charge < -0.3 is 38.9 Å². The zero-order valence-corrected chi connectivity index (χ0v) is 59.1. The van der Waals surface area contributed by atoms with Gasteiger partial charge in [-0.3, -0.25) is 0 Å². The van der Waals surface area contributed by atoms with Gasteiger partial charge in [0.05, 0.1) is 87.4 Å². The molecule has 0 unspecified atom stereocenters. The standard InChI is InChI=1S/C83H97N5O6S2/c1-7-11-15-19-23-27-53-91-72-33-31-34-73(92-54-28-24-20-16-12-8-2)81(72)79-68-49-45-64(84-68)62(43-39-59-37-40-60(41-38-59)88(5)6)65-46-50-69(85-65)80(82-74(93-55-29-25-21-17-13-9-3)35-32-36-75(82)94-56-30-26-22-18-14-10-4)71-52-48-67(87-71)63(66-47-51-70(79)86-66)44-42-61-57-76-77(95-61)58-78(96-76)83(89)90/h31-38,40-41,45-52,57-58,84,87H,7-30,53-56H2,1-6H3,(H,89,90). The van der Waals surface area contributed by atoms with Crippen molar-refractivity contribution in [3.63, 3.8) is 0 Å². The van der Waals surface area contributed by atoms with E-state index in [4.69, 9.17) is 28.9 Å². The van der Waals surface area contributed by atoms with E-state index in [0.29, 0.717) is 59.6 Å². The maximum absolute atomic E-state index is 12.0. The molecule has 10 rings (SSSR count). The zero-order valence-electron chi connectivity index (χ0n) is 57.5. The number of thiophene rings is 2. The lowest BCUT2D eigenvalue weighted by atomic mass is 10.0. The second-order valence-electron chi connectivity index (χ2n) is 25.4. The molecule has 0 radical (unpaired) electrons. The van der Waals surface area contributed by atoms with Crippen LogP contribution < -0.4 is 23.8 Å². The number of nitrogens with one attached hydrogen (secondary N) is 2. The number of hydrogen-bond donors (Lipinski definition) is 3. The van der Waals surface area contributed by atoms with Crippen LogP contribution in [0.15, 0.2) is 97.1 Å². The fourth-order valence-corrected chi connectivity index (χ4v) is 14.4. The molecule has 502 valence electrons. The van der Waals surface area contributed by atoms with Crippen LogP contribution in [-0.4, -0.2) is 71.5 Å². The monoisotopic (exact) mass is 1320 g/mol. The summed E-state index contributed by atoms with van der Waals surface area (Å²) in [6.07, 6.45) is 35.7. The molecule has 0 spiro atoms. The number of H-pyrrole nitrogens is 2. The van der Waals surface area contributed by atoms with E-state index >= 15 is 0 Å². The number of carboxylic acid groups (broad SMARTS) is 1. The predicted molar refractivity (Wildman–Crippen MR) is 405 cm³/mol. The Balaban J connectivity index is 1.24. The summed E-state index contributed by atoms with van der Waals surface area (Å²) in [4.78, 5) is 34.4. The van der Waals surface area contributed by atoms with Gasteiger partial charge in [-0.15, -0.1) is 22.7 Å². The van der Waals surface area contributed by atoms with Crippen LogP contribution in [0, 0.1) is 23.7 Å². The first-order valence-electron chi connectivity index (χ1n) is 35.7. The SMILES string of the molecule is CCCCCCCCOc1cccc(OCCCCCCCC)c1-c1c2nc(c(C#Cc3cc4sc(C(=O)O)cc4s3)c3ccc([nH]3)c(-c3c(OCCCCCCCC)cccc3OCCCCCCCC)c3nc(c(C#Cc4ccc(N(C)C)cc4)c4ccc1[nH]4)C=C3)C=C2. The zero-order chi connectivity index (χ0) is 66.9. The van der Waals surface area contributed by atoms with Gasteiger partial charge in [0.2, 0.25) is 0 Å². The van der Waals surface area contributed by atoms with Gasteiger partial charge in [0.15, 0.2) is 0 Å². The molecule has 0 saturated carbocycles. The number of aromatic carboxylic acids is 1. The second kappa shape index (κ2) is 36.6. The summed E-state index contributed by atoms with van der Waals surface area (Å²) in [5.41, 5.74) is 12.5. The number of aromatic nitrogens is 4. The molecule has 13 heteroatoms. The van der Waals surface area contributed by atoms with Crippen LogP contribution in [0.4, 0.5) is 5.69 Å². The molecule has 96 heavy (non-hydrogen) atoms. The highest BCUT2D eigenvalue weighted by atomic mass is 32.1. The number of carbonyl (C=O) groups is 1. The molecular formula is C83H97N5O6S2. The fourth-order valence-electron chi connectivity index (χ4n) is 12.4. The molecule has 8 bridgehead atoms. The Hall–Kier alpha value is -8.49. The Labute approximate surface area is 577 Å². The van der Waals surface area contributed by atoms with Crippen LogP contribution in [-0.2, 0) is 0 Å². The van der Waals surface area contributed by atoms with Gasteiger partial charge >= 0.3 is 5.97 Å². The molecular weight excluding hydrogens is 1230 g/mol. The lowest BCUT2D eigenvalue weighted by molar-refractivity contribution is 0.0702. The van der Waals surface area contributed by atoms with Gasteiger partial charge in [0, 0.05) is 56.9 Å². The number of unbranched alkanes of at least 4 members (excludes halogenated alkanes) is 20. The number of anilines is 1. The number of benzene rings is 3. The van der Waals surface area contributed by atoms with Gasteiger partial charge in [0.25, 0.3) is 0 Å². The highest BCUT2D eigenvalue weighted by molar-refractivity contribution is 7.28. The van der Waals surface area contributed by atoms with E-state index in [-0.39, 0.29) is 0 Å². The highest BCUT2D eigenvalue weighted by Crippen LogP contribution is 2.46. The third-order valence-corrected chi connectivity index (χ3v) is 19.9. The smallest absolute Gasteiger partial charge is 0.345 e. The van der Waals surface area contributed by atoms with Crippen LogP contribution in [0.1, 0.15) is 236 Å². The summed E-state index contributed by atoms with van der Waals surface area (Å²) in [7, 11) is 4.09. The summed E-state index contributed by atoms with van der Waals surface area (Å²) >= 11 is 2.75. The molecule has 11 nitrogen and oxygen atoms in total. The van der Waals surface area contributed by atoms with E-state index in [1.54, 1.807) is 6.07 Å². The van der Waals surface area contributed by atoms with Crippen molar-refractivity contribution in [3.05, 3.63) is 146 Å². The Bertz CT molecular complexity index is 4070. The third-order valence-electron chi connectivity index (χ3n) is 17.7. The molecule has 5 aromatic heterocycles. The van der Waals surface area contributed by atoms with Gasteiger partial charge in [0.1, 0.15) is 27.9 Å². The van der Waals surface area contributed by atoms with Crippen molar-refractivity contribution in [2.24, 2.45) is 0 Å². The first-order chi connectivity index (χ1) is 47.1. The van der Waals surface area contributed by atoms with E-state index in [2.05, 4.69) is 163 Å². The fraction of sp³-hybridized carbons (Fsp3) is 0.410. The second-order valence-corrected chi connectivity index (χ2v) is 27.6. The normalized spacial score (nSPS) is 11.6. The predicted octanol–water partition coefficient (Wildman–Crippen LogP) is 22.8. The minimum absolute atomic E-state index is 0.304. The van der Waals surface area contributed by atoms with Crippen molar-refractivity contribution < 1.29 is 28.8 Å². The minimum Gasteiger partial charge on any atom is -0.493 e. The first-order valence-corrected chi connectivity index (χ1v) is 37.3. The van der Waals surface area contributed by atoms with Gasteiger partial charge in [-0.25, -0.2) is 14.8 Å². The summed E-state index contributed by atoms with van der Waals surface area (Å²) in [6.45, 7) is 11.2. The van der Waals surface area contributed by atoms with Crippen LogP contribution in [0.3, 0.4) is 0 Å². The Morgan fingerprint density at radius 1 is 0.427 bits per heavy atom. The topological polar surface area (TPSA) is 135 Å². The van der Waals surface area contributed by atoms with E-state index in [1.807, 2.05) is 32.3 Å². The number of hydrogen-bond acceptors (Lipinski definition) is 10. The minimum atomic E-state index is -0.935. The van der Waals surface area contributed by atoms with Crippen LogP contribution in [0.5, 0.6) is 23.0 Å². The van der Waals surface area contributed by atoms with Crippen molar-refractivity contribution in [1.82, 2.24) is 19.9 Å². The molecule has 7 heterocycles. The molecule has 2 aliphatic heterocycles. The number of ether oxygens (including phenoxy) is 4. The van der Waals surface area contributed by atoms with Crippen LogP contribution in [0.2, 0.25) is 0 Å². The average molecular weight is 1320 g/mol.